The number of fused-ring (bicyclic) bond motifs is 1. The molecule has 0 bridgehead atoms. The minimum Gasteiger partial charge on any atom is -0.385 e. The molecule has 1 aromatic carbocycles. The summed E-state index contributed by atoms with van der Waals surface area (Å²) < 4.78 is 0. The van der Waals surface area contributed by atoms with Gasteiger partial charge in [0.2, 0.25) is 5.91 Å². The average Bonchev–Trinajstić information content (AvgIpc) is 2.44. The first-order chi connectivity index (χ1) is 9.22. The van der Waals surface area contributed by atoms with Gasteiger partial charge in [0.1, 0.15) is 0 Å². The van der Waals surface area contributed by atoms with E-state index in [2.05, 4.69) is 29.9 Å². The smallest absolute Gasteiger partial charge is 0.227 e. The predicted molar refractivity (Wildman–Crippen MR) is 82.9 cm³/mol. The van der Waals surface area contributed by atoms with Gasteiger partial charge in [-0.3, -0.25) is 4.79 Å². The molecule has 19 heavy (non-hydrogen) atoms. The van der Waals surface area contributed by atoms with Crippen LogP contribution in [0.3, 0.4) is 0 Å². The fraction of sp³-hybridized carbons (Fsp3) is 0.533. The number of carbonyl (C=O) groups excluding carboxylic acids is 1. The zero-order chi connectivity index (χ0) is 13.7. The fourth-order valence-electron chi connectivity index (χ4n) is 2.45. The van der Waals surface area contributed by atoms with Crippen LogP contribution < -0.4 is 10.6 Å². The highest BCUT2D eigenvalue weighted by molar-refractivity contribution is 7.98. The van der Waals surface area contributed by atoms with Crippen molar-refractivity contribution in [3.8, 4) is 0 Å². The lowest BCUT2D eigenvalue weighted by Gasteiger charge is -2.27. The van der Waals surface area contributed by atoms with Gasteiger partial charge in [-0.25, -0.2) is 0 Å². The summed E-state index contributed by atoms with van der Waals surface area (Å²) >= 11 is 1.82. The van der Waals surface area contributed by atoms with Crippen LogP contribution in [0, 0.1) is 0 Å². The second-order valence-electron chi connectivity index (χ2n) is 5.05. The van der Waals surface area contributed by atoms with Crippen molar-refractivity contribution in [2.45, 2.75) is 31.7 Å². The van der Waals surface area contributed by atoms with Crippen LogP contribution in [0.4, 0.5) is 5.69 Å². The number of thioether (sulfide) groups is 1. The molecule has 0 saturated heterocycles. The van der Waals surface area contributed by atoms with Crippen LogP contribution in [0.5, 0.6) is 0 Å². The standard InChI is InChI=1S/C15H22N2OS/c1-11(8-10-19-2)17-15(18)13-7-9-16-14-6-4-3-5-12(13)14/h3-6,11,13,16H,7-10H2,1-2H3,(H,17,18). The molecule has 1 heterocycles. The topological polar surface area (TPSA) is 41.1 Å². The normalized spacial score (nSPS) is 19.2. The van der Waals surface area contributed by atoms with Gasteiger partial charge < -0.3 is 10.6 Å². The van der Waals surface area contributed by atoms with E-state index in [9.17, 15) is 4.79 Å². The summed E-state index contributed by atoms with van der Waals surface area (Å²) in [6, 6.07) is 8.36. The highest BCUT2D eigenvalue weighted by Crippen LogP contribution is 2.31. The summed E-state index contributed by atoms with van der Waals surface area (Å²) in [6.07, 6.45) is 4.00. The van der Waals surface area contributed by atoms with Gasteiger partial charge in [-0.1, -0.05) is 18.2 Å². The first-order valence-electron chi connectivity index (χ1n) is 6.84. The largest absolute Gasteiger partial charge is 0.385 e. The van der Waals surface area contributed by atoms with Crippen LogP contribution in [-0.2, 0) is 4.79 Å². The van der Waals surface area contributed by atoms with E-state index in [0.717, 1.165) is 36.4 Å². The van der Waals surface area contributed by atoms with Crippen molar-refractivity contribution in [3.05, 3.63) is 29.8 Å². The molecule has 4 heteroatoms. The van der Waals surface area contributed by atoms with Crippen molar-refractivity contribution < 1.29 is 4.79 Å². The number of anilines is 1. The number of rotatable bonds is 5. The maximum atomic E-state index is 12.4. The third kappa shape index (κ3) is 3.66. The molecule has 1 aliphatic rings. The minimum absolute atomic E-state index is 0.00539. The number of amides is 1. The van der Waals surface area contributed by atoms with E-state index in [-0.39, 0.29) is 17.9 Å². The molecule has 2 N–H and O–H groups in total. The second kappa shape index (κ2) is 6.85. The van der Waals surface area contributed by atoms with E-state index < -0.39 is 0 Å². The molecule has 2 unspecified atom stereocenters. The molecule has 3 nitrogen and oxygen atoms in total. The Bertz CT molecular complexity index is 436. The Morgan fingerprint density at radius 1 is 1.53 bits per heavy atom. The van der Waals surface area contributed by atoms with Gasteiger partial charge in [-0.2, -0.15) is 11.8 Å². The average molecular weight is 278 g/mol. The van der Waals surface area contributed by atoms with E-state index >= 15 is 0 Å². The van der Waals surface area contributed by atoms with Gasteiger partial charge in [0.15, 0.2) is 0 Å². The third-order valence-electron chi connectivity index (χ3n) is 3.54. The minimum atomic E-state index is -0.00539. The van der Waals surface area contributed by atoms with Gasteiger partial charge in [0.05, 0.1) is 5.92 Å². The first-order valence-corrected chi connectivity index (χ1v) is 8.24. The lowest BCUT2D eigenvalue weighted by molar-refractivity contribution is -0.123. The summed E-state index contributed by atoms with van der Waals surface area (Å²) in [5.41, 5.74) is 2.23. The molecular formula is C15H22N2OS. The Hall–Kier alpha value is -1.16. The van der Waals surface area contributed by atoms with Crippen molar-refractivity contribution >= 4 is 23.4 Å². The molecule has 0 saturated carbocycles. The van der Waals surface area contributed by atoms with Crippen LogP contribution in [0.2, 0.25) is 0 Å². The lowest BCUT2D eigenvalue weighted by Crippen LogP contribution is -2.38. The van der Waals surface area contributed by atoms with Crippen molar-refractivity contribution in [2.24, 2.45) is 0 Å². The van der Waals surface area contributed by atoms with Crippen molar-refractivity contribution in [1.82, 2.24) is 5.32 Å². The number of carbonyl (C=O) groups is 1. The molecule has 0 aromatic heterocycles. The van der Waals surface area contributed by atoms with Gasteiger partial charge >= 0.3 is 0 Å². The van der Waals surface area contributed by atoms with Gasteiger partial charge in [0, 0.05) is 18.3 Å². The Morgan fingerprint density at radius 3 is 3.11 bits per heavy atom. The Labute approximate surface area is 119 Å². The van der Waals surface area contributed by atoms with Gasteiger partial charge in [-0.05, 0) is 43.4 Å². The summed E-state index contributed by atoms with van der Waals surface area (Å²) in [6.45, 7) is 2.95. The Kier molecular flexibility index (Phi) is 5.14. The predicted octanol–water partition coefficient (Wildman–Crippen LogP) is 2.84. The monoisotopic (exact) mass is 278 g/mol. The molecule has 2 rings (SSSR count). The number of para-hydroxylation sites is 1. The van der Waals surface area contributed by atoms with Crippen molar-refractivity contribution in [1.29, 1.82) is 0 Å². The van der Waals surface area contributed by atoms with E-state index in [4.69, 9.17) is 0 Å². The van der Waals surface area contributed by atoms with Crippen molar-refractivity contribution in [2.75, 3.05) is 23.9 Å². The van der Waals surface area contributed by atoms with E-state index in [1.807, 2.05) is 30.0 Å². The Morgan fingerprint density at radius 2 is 2.32 bits per heavy atom. The molecule has 1 aliphatic heterocycles. The molecule has 0 spiro atoms. The molecule has 104 valence electrons. The quantitative estimate of drug-likeness (QED) is 0.870. The number of nitrogens with one attached hydrogen (secondary N) is 2. The second-order valence-corrected chi connectivity index (χ2v) is 6.03. The zero-order valence-corrected chi connectivity index (χ0v) is 12.4. The SMILES string of the molecule is CSCCC(C)NC(=O)C1CCNc2ccccc21. The first kappa shape index (κ1) is 14.3. The molecular weight excluding hydrogens is 256 g/mol. The maximum Gasteiger partial charge on any atom is 0.227 e. The number of benzene rings is 1. The summed E-state index contributed by atoms with van der Waals surface area (Å²) in [5, 5.41) is 6.50. The van der Waals surface area contributed by atoms with E-state index in [0.29, 0.717) is 0 Å². The van der Waals surface area contributed by atoms with Gasteiger partial charge in [0.25, 0.3) is 0 Å². The van der Waals surface area contributed by atoms with E-state index in [1.165, 1.54) is 0 Å². The Balaban J connectivity index is 2.00. The summed E-state index contributed by atoms with van der Waals surface area (Å²) in [4.78, 5) is 12.4. The molecule has 1 amide bonds. The van der Waals surface area contributed by atoms with Crippen LogP contribution in [0.15, 0.2) is 24.3 Å². The van der Waals surface area contributed by atoms with Crippen LogP contribution in [0.25, 0.3) is 0 Å². The number of hydrogen-bond donors (Lipinski definition) is 2. The van der Waals surface area contributed by atoms with Crippen LogP contribution in [-0.4, -0.2) is 30.5 Å². The third-order valence-corrected chi connectivity index (χ3v) is 4.19. The molecule has 0 radical (unpaired) electrons. The van der Waals surface area contributed by atoms with E-state index in [1.54, 1.807) is 0 Å². The van der Waals surface area contributed by atoms with Crippen LogP contribution >= 0.6 is 11.8 Å². The molecule has 1 aromatic rings. The molecule has 0 fully saturated rings. The number of hydrogen-bond acceptors (Lipinski definition) is 3. The highest BCUT2D eigenvalue weighted by atomic mass is 32.2. The van der Waals surface area contributed by atoms with Gasteiger partial charge in [-0.15, -0.1) is 0 Å². The highest BCUT2D eigenvalue weighted by Gasteiger charge is 2.26. The summed E-state index contributed by atoms with van der Waals surface area (Å²) in [7, 11) is 0. The lowest BCUT2D eigenvalue weighted by atomic mass is 9.90. The summed E-state index contributed by atoms with van der Waals surface area (Å²) in [5.74, 6) is 1.25. The molecule has 0 aliphatic carbocycles. The molecule has 2 atom stereocenters. The zero-order valence-electron chi connectivity index (χ0n) is 11.6. The maximum absolute atomic E-state index is 12.4. The van der Waals surface area contributed by atoms with Crippen molar-refractivity contribution in [3.63, 3.8) is 0 Å². The van der Waals surface area contributed by atoms with Crippen LogP contribution in [0.1, 0.15) is 31.2 Å². The fourth-order valence-corrected chi connectivity index (χ4v) is 3.04.